The zero-order valence-corrected chi connectivity index (χ0v) is 12.8. The van der Waals surface area contributed by atoms with Crippen LogP contribution in [-0.4, -0.2) is 15.6 Å². The highest BCUT2D eigenvalue weighted by molar-refractivity contribution is 6.30. The van der Waals surface area contributed by atoms with Crippen LogP contribution in [0.25, 0.3) is 5.69 Å². The van der Waals surface area contributed by atoms with Gasteiger partial charge in [0.05, 0.1) is 16.4 Å². The van der Waals surface area contributed by atoms with E-state index in [0.29, 0.717) is 17.7 Å². The second kappa shape index (κ2) is 6.06. The molecule has 0 radical (unpaired) electrons. The lowest BCUT2D eigenvalue weighted by molar-refractivity contribution is 0.460. The van der Waals surface area contributed by atoms with Gasteiger partial charge in [0.1, 0.15) is 0 Å². The van der Waals surface area contributed by atoms with E-state index in [-0.39, 0.29) is 5.02 Å². The Morgan fingerprint density at radius 2 is 2.05 bits per heavy atom. The summed E-state index contributed by atoms with van der Waals surface area (Å²) in [5.74, 6) is 0.281. The fraction of sp³-hybridized carbons (Fsp3) is 0.438. The molecule has 0 unspecified atom stereocenters. The Labute approximate surface area is 129 Å². The fourth-order valence-electron chi connectivity index (χ4n) is 2.89. The first-order chi connectivity index (χ1) is 10.1. The van der Waals surface area contributed by atoms with Gasteiger partial charge in [0.25, 0.3) is 0 Å². The highest BCUT2D eigenvalue weighted by Gasteiger charge is 2.18. The lowest BCUT2D eigenvalue weighted by atomic mass is 9.96. The summed E-state index contributed by atoms with van der Waals surface area (Å²) < 4.78 is 16.0. The molecule has 1 aromatic heterocycles. The van der Waals surface area contributed by atoms with E-state index in [1.54, 1.807) is 22.8 Å². The highest BCUT2D eigenvalue weighted by atomic mass is 35.5. The van der Waals surface area contributed by atoms with Gasteiger partial charge in [-0.05, 0) is 31.9 Å². The third-order valence-corrected chi connectivity index (χ3v) is 4.25. The van der Waals surface area contributed by atoms with Crippen LogP contribution < -0.4 is 5.32 Å². The van der Waals surface area contributed by atoms with Crippen molar-refractivity contribution in [1.82, 2.24) is 9.55 Å². The molecular weight excluding hydrogens is 289 g/mol. The van der Waals surface area contributed by atoms with Gasteiger partial charge in [-0.3, -0.25) is 4.57 Å². The number of benzene rings is 1. The molecule has 1 aliphatic carbocycles. The van der Waals surface area contributed by atoms with Crippen molar-refractivity contribution in [3.05, 3.63) is 40.9 Å². The second-order valence-corrected chi connectivity index (χ2v) is 6.04. The van der Waals surface area contributed by atoms with Gasteiger partial charge in [-0.15, -0.1) is 0 Å². The monoisotopic (exact) mass is 307 g/mol. The Bertz CT molecular complexity index is 632. The van der Waals surface area contributed by atoms with Gasteiger partial charge in [0, 0.05) is 12.2 Å². The van der Waals surface area contributed by atoms with E-state index in [1.165, 1.54) is 19.3 Å². The zero-order valence-electron chi connectivity index (χ0n) is 12.1. The Balaban J connectivity index is 1.93. The van der Waals surface area contributed by atoms with E-state index in [9.17, 15) is 4.39 Å². The number of nitrogens with one attached hydrogen (secondary N) is 1. The van der Waals surface area contributed by atoms with Crippen molar-refractivity contribution in [2.75, 3.05) is 5.32 Å². The molecule has 112 valence electrons. The molecule has 3 rings (SSSR count). The van der Waals surface area contributed by atoms with E-state index in [2.05, 4.69) is 10.3 Å². The molecule has 0 atom stereocenters. The minimum absolute atomic E-state index is 0.127. The summed E-state index contributed by atoms with van der Waals surface area (Å²) in [5.41, 5.74) is 1.29. The Hall–Kier alpha value is -1.55. The van der Waals surface area contributed by atoms with Crippen LogP contribution in [0, 0.1) is 12.7 Å². The number of hydrogen-bond donors (Lipinski definition) is 1. The van der Waals surface area contributed by atoms with Crippen molar-refractivity contribution < 1.29 is 4.39 Å². The molecule has 2 aromatic rings. The molecule has 0 aliphatic heterocycles. The second-order valence-electron chi connectivity index (χ2n) is 5.63. The number of nitrogens with zero attached hydrogens (tertiary/aromatic N) is 2. The number of rotatable bonds is 3. The molecule has 21 heavy (non-hydrogen) atoms. The van der Waals surface area contributed by atoms with Crippen molar-refractivity contribution in [3.8, 4) is 5.69 Å². The zero-order chi connectivity index (χ0) is 14.8. The Kier molecular flexibility index (Phi) is 4.15. The molecule has 0 saturated heterocycles. The summed E-state index contributed by atoms with van der Waals surface area (Å²) in [4.78, 5) is 4.49. The standard InChI is InChI=1S/C16H19ClFN3/c1-11-10-21(14-9-5-8-13(17)15(14)18)16(19-11)20-12-6-3-2-4-7-12/h5,8-10,12H,2-4,6-7H2,1H3,(H,19,20). The Morgan fingerprint density at radius 1 is 1.29 bits per heavy atom. The van der Waals surface area contributed by atoms with E-state index >= 15 is 0 Å². The summed E-state index contributed by atoms with van der Waals surface area (Å²) in [7, 11) is 0. The molecule has 1 fully saturated rings. The molecule has 0 bridgehead atoms. The quantitative estimate of drug-likeness (QED) is 0.889. The maximum absolute atomic E-state index is 14.2. The summed E-state index contributed by atoms with van der Waals surface area (Å²) in [6, 6.07) is 5.44. The smallest absolute Gasteiger partial charge is 0.208 e. The number of aryl methyl sites for hydroxylation is 1. The largest absolute Gasteiger partial charge is 0.353 e. The maximum atomic E-state index is 14.2. The summed E-state index contributed by atoms with van der Waals surface area (Å²) in [5, 5.41) is 3.58. The van der Waals surface area contributed by atoms with E-state index in [4.69, 9.17) is 11.6 Å². The average molecular weight is 308 g/mol. The molecule has 1 saturated carbocycles. The molecule has 5 heteroatoms. The first-order valence-electron chi connectivity index (χ1n) is 7.42. The van der Waals surface area contributed by atoms with E-state index in [0.717, 1.165) is 18.5 Å². The van der Waals surface area contributed by atoms with Gasteiger partial charge in [0.15, 0.2) is 5.82 Å². The highest BCUT2D eigenvalue weighted by Crippen LogP contribution is 2.26. The van der Waals surface area contributed by atoms with Crippen molar-refractivity contribution in [2.45, 2.75) is 45.1 Å². The third kappa shape index (κ3) is 3.05. The normalized spacial score (nSPS) is 16.1. The molecular formula is C16H19ClFN3. The number of halogens is 2. The van der Waals surface area contributed by atoms with Crippen LogP contribution in [0.4, 0.5) is 10.3 Å². The first-order valence-corrected chi connectivity index (χ1v) is 7.80. The lowest BCUT2D eigenvalue weighted by Gasteiger charge is -2.23. The molecule has 1 aromatic carbocycles. The lowest BCUT2D eigenvalue weighted by Crippen LogP contribution is -2.24. The molecule has 0 spiro atoms. The Morgan fingerprint density at radius 3 is 2.81 bits per heavy atom. The molecule has 0 amide bonds. The van der Waals surface area contributed by atoms with Gasteiger partial charge >= 0.3 is 0 Å². The average Bonchev–Trinajstić information content (AvgIpc) is 2.83. The minimum atomic E-state index is -0.414. The fourth-order valence-corrected chi connectivity index (χ4v) is 3.06. The summed E-state index contributed by atoms with van der Waals surface area (Å²) in [6.45, 7) is 1.91. The van der Waals surface area contributed by atoms with Gasteiger partial charge in [-0.1, -0.05) is 36.9 Å². The predicted molar refractivity (Wildman–Crippen MR) is 83.8 cm³/mol. The predicted octanol–water partition coefficient (Wildman–Crippen LogP) is 4.72. The summed E-state index contributed by atoms with van der Waals surface area (Å²) >= 11 is 5.89. The number of aromatic nitrogens is 2. The van der Waals surface area contributed by atoms with Crippen molar-refractivity contribution in [1.29, 1.82) is 0 Å². The van der Waals surface area contributed by atoms with Crippen molar-refractivity contribution >= 4 is 17.5 Å². The number of imidazole rings is 1. The van der Waals surface area contributed by atoms with Gasteiger partial charge in [-0.2, -0.15) is 0 Å². The molecule has 3 nitrogen and oxygen atoms in total. The van der Waals surface area contributed by atoms with Gasteiger partial charge in [0.2, 0.25) is 5.95 Å². The van der Waals surface area contributed by atoms with E-state index in [1.807, 2.05) is 13.1 Å². The SMILES string of the molecule is Cc1cn(-c2cccc(Cl)c2F)c(NC2CCCCC2)n1. The van der Waals surface area contributed by atoms with Gasteiger partial charge < -0.3 is 5.32 Å². The van der Waals surface area contributed by atoms with Crippen LogP contribution in [0.3, 0.4) is 0 Å². The van der Waals surface area contributed by atoms with Crippen LogP contribution in [-0.2, 0) is 0 Å². The number of anilines is 1. The van der Waals surface area contributed by atoms with Crippen LogP contribution in [0.5, 0.6) is 0 Å². The van der Waals surface area contributed by atoms with E-state index < -0.39 is 5.82 Å². The van der Waals surface area contributed by atoms with Crippen LogP contribution in [0.2, 0.25) is 5.02 Å². The molecule has 1 heterocycles. The van der Waals surface area contributed by atoms with Crippen LogP contribution >= 0.6 is 11.6 Å². The summed E-state index contributed by atoms with van der Waals surface area (Å²) in [6.07, 6.45) is 7.90. The van der Waals surface area contributed by atoms with Crippen molar-refractivity contribution in [3.63, 3.8) is 0 Å². The van der Waals surface area contributed by atoms with Crippen LogP contribution in [0.1, 0.15) is 37.8 Å². The third-order valence-electron chi connectivity index (χ3n) is 3.96. The van der Waals surface area contributed by atoms with Crippen molar-refractivity contribution in [2.24, 2.45) is 0 Å². The number of hydrogen-bond acceptors (Lipinski definition) is 2. The first kappa shape index (κ1) is 14.4. The molecule has 1 aliphatic rings. The topological polar surface area (TPSA) is 29.9 Å². The molecule has 1 N–H and O–H groups in total. The maximum Gasteiger partial charge on any atom is 0.208 e. The minimum Gasteiger partial charge on any atom is -0.353 e. The van der Waals surface area contributed by atoms with Crippen LogP contribution in [0.15, 0.2) is 24.4 Å². The van der Waals surface area contributed by atoms with Gasteiger partial charge in [-0.25, -0.2) is 9.37 Å².